The number of hydrogen-bond acceptors (Lipinski definition) is 4. The van der Waals surface area contributed by atoms with Crippen LogP contribution in [0, 0.1) is 17.0 Å². The summed E-state index contributed by atoms with van der Waals surface area (Å²) in [6.45, 7) is 4.37. The number of hydrogen-bond donors (Lipinski definition) is 1. The first kappa shape index (κ1) is 12.4. The Bertz CT molecular complexity index is 379. The Morgan fingerprint density at radius 3 is 2.75 bits per heavy atom. The molecule has 1 N–H and O–H groups in total. The van der Waals surface area contributed by atoms with E-state index in [1.54, 1.807) is 19.1 Å². The van der Waals surface area contributed by atoms with Crippen molar-refractivity contribution in [2.24, 2.45) is 0 Å². The maximum Gasteiger partial charge on any atom is 0.272 e. The smallest absolute Gasteiger partial charge is 0.272 e. The molecular formula is C11H16N2O3. The Labute approximate surface area is 94.6 Å². The highest BCUT2D eigenvalue weighted by Gasteiger charge is 2.11. The van der Waals surface area contributed by atoms with Crippen LogP contribution in [-0.2, 0) is 0 Å². The molecule has 5 nitrogen and oxygen atoms in total. The van der Waals surface area contributed by atoms with Crippen molar-refractivity contribution < 1.29 is 9.66 Å². The lowest BCUT2D eigenvalue weighted by Gasteiger charge is -2.14. The summed E-state index contributed by atoms with van der Waals surface area (Å²) in [7, 11) is 1.85. The zero-order chi connectivity index (χ0) is 12.1. The minimum Gasteiger partial charge on any atom is -0.489 e. The van der Waals surface area contributed by atoms with Crippen LogP contribution in [0.5, 0.6) is 5.75 Å². The average Bonchev–Trinajstić information content (AvgIpc) is 2.17. The van der Waals surface area contributed by atoms with Gasteiger partial charge in [-0.25, -0.2) is 0 Å². The third kappa shape index (κ3) is 3.20. The molecule has 0 radical (unpaired) electrons. The number of nitrogens with one attached hydrogen (secondary N) is 1. The van der Waals surface area contributed by atoms with Crippen LogP contribution < -0.4 is 10.1 Å². The van der Waals surface area contributed by atoms with Gasteiger partial charge in [-0.1, -0.05) is 0 Å². The molecule has 5 heteroatoms. The lowest BCUT2D eigenvalue weighted by atomic mass is 10.2. The highest BCUT2D eigenvalue weighted by molar-refractivity contribution is 5.44. The molecule has 0 aliphatic rings. The number of ether oxygens (including phenoxy) is 1. The monoisotopic (exact) mass is 224 g/mol. The number of nitro benzene ring substituents is 1. The van der Waals surface area contributed by atoms with Crippen LogP contribution in [0.2, 0.25) is 0 Å². The maximum absolute atomic E-state index is 10.6. The first-order chi connectivity index (χ1) is 7.54. The fourth-order valence-corrected chi connectivity index (χ4v) is 1.47. The van der Waals surface area contributed by atoms with Crippen molar-refractivity contribution in [1.82, 2.24) is 5.32 Å². The zero-order valence-electron chi connectivity index (χ0n) is 9.69. The van der Waals surface area contributed by atoms with E-state index in [4.69, 9.17) is 4.74 Å². The summed E-state index contributed by atoms with van der Waals surface area (Å²) >= 11 is 0. The van der Waals surface area contributed by atoms with Gasteiger partial charge in [-0.15, -0.1) is 0 Å². The van der Waals surface area contributed by atoms with Gasteiger partial charge >= 0.3 is 0 Å². The van der Waals surface area contributed by atoms with E-state index in [1.807, 2.05) is 14.0 Å². The molecule has 88 valence electrons. The molecule has 0 spiro atoms. The van der Waals surface area contributed by atoms with Crippen molar-refractivity contribution in [1.29, 1.82) is 0 Å². The molecule has 0 aliphatic heterocycles. The molecule has 1 atom stereocenters. The van der Waals surface area contributed by atoms with E-state index in [9.17, 15) is 10.1 Å². The summed E-state index contributed by atoms with van der Waals surface area (Å²) in [5, 5.41) is 13.6. The first-order valence-corrected chi connectivity index (χ1v) is 5.11. The van der Waals surface area contributed by atoms with Crippen LogP contribution in [-0.4, -0.2) is 24.6 Å². The van der Waals surface area contributed by atoms with E-state index in [0.717, 1.165) is 6.54 Å². The average molecular weight is 224 g/mol. The minimum atomic E-state index is -0.393. The van der Waals surface area contributed by atoms with E-state index in [2.05, 4.69) is 5.32 Å². The summed E-state index contributed by atoms with van der Waals surface area (Å²) in [5.74, 6) is 0.658. The minimum absolute atomic E-state index is 0.0332. The van der Waals surface area contributed by atoms with Gasteiger partial charge in [-0.05, 0) is 33.0 Å². The molecule has 1 aromatic rings. The molecule has 0 bridgehead atoms. The molecule has 16 heavy (non-hydrogen) atoms. The Hall–Kier alpha value is -1.62. The second kappa shape index (κ2) is 5.46. The fraction of sp³-hybridized carbons (Fsp3) is 0.455. The van der Waals surface area contributed by atoms with Crippen LogP contribution in [0.25, 0.3) is 0 Å². The third-order valence-electron chi connectivity index (χ3n) is 2.19. The van der Waals surface area contributed by atoms with Crippen molar-refractivity contribution in [2.45, 2.75) is 20.0 Å². The number of likely N-dealkylation sites (N-methyl/N-ethyl adjacent to an activating group) is 1. The van der Waals surface area contributed by atoms with Gasteiger partial charge < -0.3 is 10.1 Å². The van der Waals surface area contributed by atoms with E-state index >= 15 is 0 Å². The molecule has 0 aromatic heterocycles. The fourth-order valence-electron chi connectivity index (χ4n) is 1.47. The number of aryl methyl sites for hydroxylation is 1. The van der Waals surface area contributed by atoms with E-state index in [1.165, 1.54) is 6.07 Å². The second-order valence-corrected chi connectivity index (χ2v) is 3.69. The van der Waals surface area contributed by atoms with Crippen molar-refractivity contribution in [2.75, 3.05) is 13.6 Å². The predicted octanol–water partition coefficient (Wildman–Crippen LogP) is 1.89. The van der Waals surface area contributed by atoms with Gasteiger partial charge in [-0.3, -0.25) is 10.1 Å². The van der Waals surface area contributed by atoms with Gasteiger partial charge in [0, 0.05) is 18.2 Å². The van der Waals surface area contributed by atoms with Crippen LogP contribution in [0.3, 0.4) is 0 Å². The van der Waals surface area contributed by atoms with Crippen molar-refractivity contribution in [3.8, 4) is 5.75 Å². The maximum atomic E-state index is 10.6. The molecule has 1 rings (SSSR count). The SMILES string of the molecule is CNCC(C)Oc1ccc([N+](=O)[O-])c(C)c1. The van der Waals surface area contributed by atoms with E-state index < -0.39 is 4.92 Å². The van der Waals surface area contributed by atoms with E-state index in [-0.39, 0.29) is 11.8 Å². The molecule has 1 aromatic carbocycles. The van der Waals surface area contributed by atoms with Crippen molar-refractivity contribution >= 4 is 5.69 Å². The standard InChI is InChI=1S/C11H16N2O3/c1-8-6-10(16-9(2)7-12-3)4-5-11(8)13(14)15/h4-6,9,12H,7H2,1-3H3. The highest BCUT2D eigenvalue weighted by atomic mass is 16.6. The Kier molecular flexibility index (Phi) is 4.25. The molecule has 0 amide bonds. The highest BCUT2D eigenvalue weighted by Crippen LogP contribution is 2.23. The molecule has 0 heterocycles. The molecule has 1 unspecified atom stereocenters. The number of nitro groups is 1. The summed E-state index contributed by atoms with van der Waals surface area (Å²) < 4.78 is 5.59. The molecule has 0 aliphatic carbocycles. The second-order valence-electron chi connectivity index (χ2n) is 3.69. The quantitative estimate of drug-likeness (QED) is 0.612. The number of rotatable bonds is 5. The van der Waals surface area contributed by atoms with Gasteiger partial charge in [-0.2, -0.15) is 0 Å². The molecule has 0 saturated carbocycles. The predicted molar refractivity (Wildman–Crippen MR) is 61.9 cm³/mol. The van der Waals surface area contributed by atoms with Crippen LogP contribution in [0.4, 0.5) is 5.69 Å². The Morgan fingerprint density at radius 2 is 2.25 bits per heavy atom. The number of nitrogens with zero attached hydrogens (tertiary/aromatic N) is 1. The van der Waals surface area contributed by atoms with Gasteiger partial charge in [0.05, 0.1) is 4.92 Å². The summed E-state index contributed by atoms with van der Waals surface area (Å²) in [5.41, 5.74) is 0.729. The third-order valence-corrected chi connectivity index (χ3v) is 2.19. The molecule has 0 saturated heterocycles. The van der Waals surface area contributed by atoms with Gasteiger partial charge in [0.25, 0.3) is 5.69 Å². The van der Waals surface area contributed by atoms with Crippen LogP contribution >= 0.6 is 0 Å². The number of benzene rings is 1. The van der Waals surface area contributed by atoms with Crippen molar-refractivity contribution in [3.05, 3.63) is 33.9 Å². The Morgan fingerprint density at radius 1 is 1.56 bits per heavy atom. The van der Waals surface area contributed by atoms with Crippen molar-refractivity contribution in [3.63, 3.8) is 0 Å². The lowest BCUT2D eigenvalue weighted by Crippen LogP contribution is -2.26. The molecule has 0 fully saturated rings. The normalized spacial score (nSPS) is 12.2. The first-order valence-electron chi connectivity index (χ1n) is 5.11. The lowest BCUT2D eigenvalue weighted by molar-refractivity contribution is -0.385. The largest absolute Gasteiger partial charge is 0.489 e. The van der Waals surface area contributed by atoms with E-state index in [0.29, 0.717) is 11.3 Å². The van der Waals surface area contributed by atoms with Gasteiger partial charge in [0.1, 0.15) is 11.9 Å². The summed E-state index contributed by atoms with van der Waals surface area (Å²) in [4.78, 5) is 10.2. The van der Waals surface area contributed by atoms with Crippen LogP contribution in [0.15, 0.2) is 18.2 Å². The van der Waals surface area contributed by atoms with Gasteiger partial charge in [0.15, 0.2) is 0 Å². The topological polar surface area (TPSA) is 64.4 Å². The summed E-state index contributed by atoms with van der Waals surface area (Å²) in [6, 6.07) is 4.78. The van der Waals surface area contributed by atoms with Crippen LogP contribution in [0.1, 0.15) is 12.5 Å². The Balaban J connectivity index is 2.77. The van der Waals surface area contributed by atoms with Gasteiger partial charge in [0.2, 0.25) is 0 Å². The molecular weight excluding hydrogens is 208 g/mol. The summed E-state index contributed by atoms with van der Waals surface area (Å²) in [6.07, 6.45) is 0.0332. The zero-order valence-corrected chi connectivity index (χ0v) is 9.69.